The summed E-state index contributed by atoms with van der Waals surface area (Å²) in [6.45, 7) is 2.45. The molecule has 28 heavy (non-hydrogen) atoms. The number of hydrogen-bond acceptors (Lipinski definition) is 1. The predicted molar refractivity (Wildman–Crippen MR) is 118 cm³/mol. The minimum Gasteiger partial charge on any atom is -0.311 e. The molecule has 1 aromatic carbocycles. The zero-order valence-electron chi connectivity index (χ0n) is 18.0. The molecule has 0 saturated heterocycles. The highest BCUT2D eigenvalue weighted by atomic mass is 15.0. The molecule has 4 aliphatic rings. The Kier molecular flexibility index (Phi) is 5.82. The Morgan fingerprint density at radius 3 is 1.75 bits per heavy atom. The summed E-state index contributed by atoms with van der Waals surface area (Å²) in [6, 6.07) is 13.3. The molecule has 1 aromatic rings. The fraction of sp³-hybridized carbons (Fsp3) is 0.778. The summed E-state index contributed by atoms with van der Waals surface area (Å²) in [5.41, 5.74) is 1.67. The van der Waals surface area contributed by atoms with Gasteiger partial charge in [-0.3, -0.25) is 0 Å². The summed E-state index contributed by atoms with van der Waals surface area (Å²) in [6.07, 6.45) is 17.5. The van der Waals surface area contributed by atoms with Gasteiger partial charge in [0.25, 0.3) is 0 Å². The van der Waals surface area contributed by atoms with Gasteiger partial charge in [-0.05, 0) is 92.4 Å². The molecule has 4 aliphatic carbocycles. The van der Waals surface area contributed by atoms with Crippen LogP contribution in [0.4, 0.5) is 0 Å². The van der Waals surface area contributed by atoms with Crippen LogP contribution in [-0.4, -0.2) is 12.1 Å². The Hall–Kier alpha value is -0.820. The summed E-state index contributed by atoms with van der Waals surface area (Å²) in [7, 11) is 0. The van der Waals surface area contributed by atoms with Crippen molar-refractivity contribution in [3.8, 4) is 0 Å². The van der Waals surface area contributed by atoms with E-state index >= 15 is 0 Å². The van der Waals surface area contributed by atoms with Gasteiger partial charge in [-0.1, -0.05) is 62.9 Å². The van der Waals surface area contributed by atoms with E-state index in [1.807, 2.05) is 0 Å². The van der Waals surface area contributed by atoms with Gasteiger partial charge in [0.1, 0.15) is 0 Å². The maximum Gasteiger partial charge on any atom is 0.0132 e. The standard InChI is InChI=1S/C27H41N/c1-19-15-17-21(18-16-19)28-27-24-13-7-5-11-22(24)26(20-9-3-2-4-10-20)23-12-6-8-14-25(23)27/h2-4,9-10,19,21-28H,5-8,11-18H2,1H3. The number of rotatable bonds is 3. The highest BCUT2D eigenvalue weighted by Gasteiger charge is 2.51. The van der Waals surface area contributed by atoms with E-state index in [4.69, 9.17) is 0 Å². The molecule has 1 heteroatoms. The van der Waals surface area contributed by atoms with Crippen LogP contribution in [0.2, 0.25) is 0 Å². The SMILES string of the molecule is CC1CCC(NC2C3CCCCC3C(c3ccccc3)C3CCCCC32)CC1. The lowest BCUT2D eigenvalue weighted by atomic mass is 9.51. The predicted octanol–water partition coefficient (Wildman–Crippen LogP) is 6.93. The third-order valence-corrected chi connectivity index (χ3v) is 9.22. The largest absolute Gasteiger partial charge is 0.311 e. The average Bonchev–Trinajstić information content (AvgIpc) is 2.76. The van der Waals surface area contributed by atoms with Gasteiger partial charge in [0.2, 0.25) is 0 Å². The van der Waals surface area contributed by atoms with Crippen LogP contribution in [0.15, 0.2) is 30.3 Å². The molecule has 0 radical (unpaired) electrons. The minimum absolute atomic E-state index is 0.805. The molecule has 4 atom stereocenters. The highest BCUT2D eigenvalue weighted by molar-refractivity contribution is 5.24. The first-order valence-corrected chi connectivity index (χ1v) is 12.6. The van der Waals surface area contributed by atoms with E-state index in [1.165, 1.54) is 77.0 Å². The van der Waals surface area contributed by atoms with Crippen molar-refractivity contribution < 1.29 is 0 Å². The van der Waals surface area contributed by atoms with Gasteiger partial charge in [0, 0.05) is 12.1 Å². The quantitative estimate of drug-likeness (QED) is 0.600. The first kappa shape index (κ1) is 19.2. The van der Waals surface area contributed by atoms with E-state index in [2.05, 4.69) is 42.6 Å². The molecule has 0 heterocycles. The molecule has 1 nitrogen and oxygen atoms in total. The van der Waals surface area contributed by atoms with Gasteiger partial charge >= 0.3 is 0 Å². The lowest BCUT2D eigenvalue weighted by molar-refractivity contribution is -0.0146. The minimum atomic E-state index is 0.805. The van der Waals surface area contributed by atoms with Crippen LogP contribution in [0.25, 0.3) is 0 Å². The third kappa shape index (κ3) is 3.69. The second kappa shape index (κ2) is 8.50. The van der Waals surface area contributed by atoms with Crippen molar-refractivity contribution >= 4 is 0 Å². The molecule has 4 fully saturated rings. The lowest BCUT2D eigenvalue weighted by Gasteiger charge is -2.57. The van der Waals surface area contributed by atoms with Crippen molar-refractivity contribution in [1.29, 1.82) is 0 Å². The number of nitrogens with one attached hydrogen (secondary N) is 1. The highest BCUT2D eigenvalue weighted by Crippen LogP contribution is 2.57. The summed E-state index contributed by atoms with van der Waals surface area (Å²) in [4.78, 5) is 0. The maximum absolute atomic E-state index is 4.35. The molecular formula is C27H41N. The van der Waals surface area contributed by atoms with Crippen LogP contribution in [-0.2, 0) is 0 Å². The van der Waals surface area contributed by atoms with Gasteiger partial charge in [0.15, 0.2) is 0 Å². The van der Waals surface area contributed by atoms with Gasteiger partial charge in [0.05, 0.1) is 0 Å². The molecule has 1 N–H and O–H groups in total. The van der Waals surface area contributed by atoms with Crippen molar-refractivity contribution in [2.75, 3.05) is 0 Å². The van der Waals surface area contributed by atoms with Crippen LogP contribution in [0.1, 0.15) is 95.5 Å². The van der Waals surface area contributed by atoms with Crippen LogP contribution in [0.3, 0.4) is 0 Å². The van der Waals surface area contributed by atoms with Gasteiger partial charge in [-0.25, -0.2) is 0 Å². The fourth-order valence-corrected chi connectivity index (χ4v) is 7.91. The second-order valence-corrected chi connectivity index (χ2v) is 10.8. The molecule has 4 saturated carbocycles. The molecule has 154 valence electrons. The fourth-order valence-electron chi connectivity index (χ4n) is 7.91. The molecular weight excluding hydrogens is 338 g/mol. The van der Waals surface area contributed by atoms with Crippen molar-refractivity contribution in [3.63, 3.8) is 0 Å². The Morgan fingerprint density at radius 1 is 0.643 bits per heavy atom. The van der Waals surface area contributed by atoms with Crippen molar-refractivity contribution in [2.24, 2.45) is 29.6 Å². The average molecular weight is 380 g/mol. The van der Waals surface area contributed by atoms with Crippen molar-refractivity contribution in [2.45, 2.75) is 102 Å². The zero-order chi connectivity index (χ0) is 18.9. The first-order chi connectivity index (χ1) is 13.8. The maximum atomic E-state index is 4.35. The van der Waals surface area contributed by atoms with E-state index < -0.39 is 0 Å². The van der Waals surface area contributed by atoms with Gasteiger partial charge in [-0.15, -0.1) is 0 Å². The van der Waals surface area contributed by atoms with Crippen molar-refractivity contribution in [3.05, 3.63) is 35.9 Å². The molecule has 0 amide bonds. The van der Waals surface area contributed by atoms with Crippen LogP contribution in [0, 0.1) is 29.6 Å². The summed E-state index contributed by atoms with van der Waals surface area (Å²) < 4.78 is 0. The summed E-state index contributed by atoms with van der Waals surface area (Å²) in [5, 5.41) is 4.35. The van der Waals surface area contributed by atoms with Crippen LogP contribution < -0.4 is 5.32 Å². The lowest BCUT2D eigenvalue weighted by Crippen LogP contribution is -2.58. The summed E-state index contributed by atoms with van der Waals surface area (Å²) >= 11 is 0. The number of fused-ring (bicyclic) bond motifs is 2. The molecule has 0 bridgehead atoms. The Morgan fingerprint density at radius 2 is 1.18 bits per heavy atom. The van der Waals surface area contributed by atoms with E-state index in [0.717, 1.165) is 47.6 Å². The molecule has 0 aromatic heterocycles. The topological polar surface area (TPSA) is 12.0 Å². The Bertz CT molecular complexity index is 592. The van der Waals surface area contributed by atoms with Crippen LogP contribution >= 0.6 is 0 Å². The molecule has 0 spiro atoms. The Labute approximate surface area is 173 Å². The summed E-state index contributed by atoms with van der Waals surface area (Å²) in [5.74, 6) is 5.50. The van der Waals surface area contributed by atoms with E-state index in [1.54, 1.807) is 5.56 Å². The number of benzene rings is 1. The normalized spacial score (nSPS) is 43.8. The Balaban J connectivity index is 1.43. The molecule has 4 unspecified atom stereocenters. The van der Waals surface area contributed by atoms with Gasteiger partial charge < -0.3 is 5.32 Å². The number of hydrogen-bond donors (Lipinski definition) is 1. The first-order valence-electron chi connectivity index (χ1n) is 12.6. The molecule has 0 aliphatic heterocycles. The monoisotopic (exact) mass is 379 g/mol. The van der Waals surface area contributed by atoms with E-state index in [0.29, 0.717) is 0 Å². The third-order valence-electron chi connectivity index (χ3n) is 9.22. The van der Waals surface area contributed by atoms with E-state index in [9.17, 15) is 0 Å². The van der Waals surface area contributed by atoms with E-state index in [-0.39, 0.29) is 0 Å². The van der Waals surface area contributed by atoms with Crippen molar-refractivity contribution in [1.82, 2.24) is 5.32 Å². The van der Waals surface area contributed by atoms with Crippen LogP contribution in [0.5, 0.6) is 0 Å². The second-order valence-electron chi connectivity index (χ2n) is 10.8. The smallest absolute Gasteiger partial charge is 0.0132 e. The van der Waals surface area contributed by atoms with Gasteiger partial charge in [-0.2, -0.15) is 0 Å². The zero-order valence-corrected chi connectivity index (χ0v) is 18.0. The molecule has 5 rings (SSSR count).